The van der Waals surface area contributed by atoms with Gasteiger partial charge < -0.3 is 5.32 Å². The number of rotatable bonds is 6. The second-order valence-electron chi connectivity index (χ2n) is 5.15. The van der Waals surface area contributed by atoms with Crippen LogP contribution in [-0.2, 0) is 19.4 Å². The van der Waals surface area contributed by atoms with Gasteiger partial charge in [0.1, 0.15) is 0 Å². The van der Waals surface area contributed by atoms with Gasteiger partial charge in [-0.3, -0.25) is 0 Å². The molecule has 0 amide bonds. The van der Waals surface area contributed by atoms with Crippen LogP contribution in [0.3, 0.4) is 0 Å². The first-order valence-corrected chi connectivity index (χ1v) is 7.22. The SMILES string of the molecule is CCCCCCCc1cccc2c1CCNC2. The molecule has 0 radical (unpaired) electrons. The number of nitrogens with one attached hydrogen (secondary N) is 1. The molecule has 0 bridgehead atoms. The van der Waals surface area contributed by atoms with E-state index in [2.05, 4.69) is 30.4 Å². The first-order valence-electron chi connectivity index (χ1n) is 7.22. The molecule has 1 heteroatoms. The van der Waals surface area contributed by atoms with E-state index in [0.717, 1.165) is 13.1 Å². The van der Waals surface area contributed by atoms with E-state index in [1.54, 1.807) is 11.1 Å². The van der Waals surface area contributed by atoms with E-state index >= 15 is 0 Å². The van der Waals surface area contributed by atoms with Crippen molar-refractivity contribution in [1.82, 2.24) is 5.32 Å². The summed E-state index contributed by atoms with van der Waals surface area (Å²) in [6.07, 6.45) is 9.42. The molecule has 0 saturated heterocycles. The predicted molar refractivity (Wildman–Crippen MR) is 74.3 cm³/mol. The second-order valence-corrected chi connectivity index (χ2v) is 5.15. The molecule has 17 heavy (non-hydrogen) atoms. The fourth-order valence-electron chi connectivity index (χ4n) is 2.76. The van der Waals surface area contributed by atoms with Crippen molar-refractivity contribution in [3.8, 4) is 0 Å². The van der Waals surface area contributed by atoms with E-state index in [9.17, 15) is 0 Å². The molecule has 1 aromatic rings. The third kappa shape index (κ3) is 3.57. The molecule has 1 heterocycles. The lowest BCUT2D eigenvalue weighted by Crippen LogP contribution is -2.24. The Balaban J connectivity index is 1.87. The van der Waals surface area contributed by atoms with Crippen LogP contribution in [-0.4, -0.2) is 6.54 Å². The molecule has 1 N–H and O–H groups in total. The largest absolute Gasteiger partial charge is 0.312 e. The maximum absolute atomic E-state index is 3.45. The number of hydrogen-bond donors (Lipinski definition) is 1. The Hall–Kier alpha value is -0.820. The van der Waals surface area contributed by atoms with Gasteiger partial charge in [0.25, 0.3) is 0 Å². The minimum absolute atomic E-state index is 1.07. The van der Waals surface area contributed by atoms with Gasteiger partial charge in [-0.25, -0.2) is 0 Å². The Morgan fingerprint density at radius 1 is 1.12 bits per heavy atom. The molecular formula is C16H25N. The highest BCUT2D eigenvalue weighted by molar-refractivity contribution is 5.37. The minimum atomic E-state index is 1.07. The van der Waals surface area contributed by atoms with Crippen LogP contribution in [0.2, 0.25) is 0 Å². The molecule has 1 aromatic carbocycles. The number of fused-ring (bicyclic) bond motifs is 1. The van der Waals surface area contributed by atoms with Crippen LogP contribution in [0.25, 0.3) is 0 Å². The van der Waals surface area contributed by atoms with Gasteiger partial charge in [0.15, 0.2) is 0 Å². The summed E-state index contributed by atoms with van der Waals surface area (Å²) in [7, 11) is 0. The first kappa shape index (κ1) is 12.6. The Kier molecular flexibility index (Phi) is 5.06. The van der Waals surface area contributed by atoms with Crippen molar-refractivity contribution in [1.29, 1.82) is 0 Å². The molecule has 0 aromatic heterocycles. The zero-order chi connectivity index (χ0) is 11.9. The van der Waals surface area contributed by atoms with E-state index in [-0.39, 0.29) is 0 Å². The summed E-state index contributed by atoms with van der Waals surface area (Å²) in [5.74, 6) is 0. The monoisotopic (exact) mass is 231 g/mol. The zero-order valence-electron chi connectivity index (χ0n) is 11.1. The fraction of sp³-hybridized carbons (Fsp3) is 0.625. The first-order chi connectivity index (χ1) is 8.42. The highest BCUT2D eigenvalue weighted by Crippen LogP contribution is 2.20. The molecule has 94 valence electrons. The molecule has 0 aliphatic carbocycles. The lowest BCUT2D eigenvalue weighted by Gasteiger charge is -2.20. The van der Waals surface area contributed by atoms with E-state index < -0.39 is 0 Å². The van der Waals surface area contributed by atoms with Crippen molar-refractivity contribution < 1.29 is 0 Å². The van der Waals surface area contributed by atoms with Crippen LogP contribution < -0.4 is 5.32 Å². The summed E-state index contributed by atoms with van der Waals surface area (Å²) in [6.45, 7) is 4.50. The Morgan fingerprint density at radius 2 is 2.00 bits per heavy atom. The summed E-state index contributed by atoms with van der Waals surface area (Å²) in [5.41, 5.74) is 4.78. The van der Waals surface area contributed by atoms with E-state index in [1.807, 2.05) is 0 Å². The molecule has 2 rings (SSSR count). The van der Waals surface area contributed by atoms with E-state index in [1.165, 1.54) is 50.5 Å². The molecule has 0 saturated carbocycles. The smallest absolute Gasteiger partial charge is 0.0208 e. The van der Waals surface area contributed by atoms with Crippen molar-refractivity contribution in [2.24, 2.45) is 0 Å². The quantitative estimate of drug-likeness (QED) is 0.733. The minimum Gasteiger partial charge on any atom is -0.312 e. The summed E-state index contributed by atoms with van der Waals surface area (Å²) in [5, 5.41) is 3.45. The summed E-state index contributed by atoms with van der Waals surface area (Å²) in [6, 6.07) is 6.85. The van der Waals surface area contributed by atoms with Gasteiger partial charge in [-0.15, -0.1) is 0 Å². The molecule has 1 nitrogen and oxygen atoms in total. The average Bonchev–Trinajstić information content (AvgIpc) is 2.39. The van der Waals surface area contributed by atoms with Gasteiger partial charge in [0, 0.05) is 6.54 Å². The van der Waals surface area contributed by atoms with Crippen LogP contribution in [0.5, 0.6) is 0 Å². The standard InChI is InChI=1S/C16H25N/c1-2-3-4-5-6-8-14-9-7-10-15-13-17-12-11-16(14)15/h7,9-10,17H,2-6,8,11-13H2,1H3. The van der Waals surface area contributed by atoms with E-state index in [4.69, 9.17) is 0 Å². The van der Waals surface area contributed by atoms with Crippen LogP contribution in [0.1, 0.15) is 55.7 Å². The molecule has 0 atom stereocenters. The Morgan fingerprint density at radius 3 is 2.88 bits per heavy atom. The van der Waals surface area contributed by atoms with Crippen molar-refractivity contribution in [3.05, 3.63) is 34.9 Å². The summed E-state index contributed by atoms with van der Waals surface area (Å²) >= 11 is 0. The molecule has 1 aliphatic rings. The third-order valence-corrected chi connectivity index (χ3v) is 3.79. The van der Waals surface area contributed by atoms with Gasteiger partial charge >= 0.3 is 0 Å². The van der Waals surface area contributed by atoms with Crippen molar-refractivity contribution in [3.63, 3.8) is 0 Å². The van der Waals surface area contributed by atoms with Gasteiger partial charge in [-0.2, -0.15) is 0 Å². The Labute approximate surface area is 106 Å². The fourth-order valence-corrected chi connectivity index (χ4v) is 2.76. The maximum Gasteiger partial charge on any atom is 0.0208 e. The van der Waals surface area contributed by atoms with Gasteiger partial charge in [0.2, 0.25) is 0 Å². The highest BCUT2D eigenvalue weighted by Gasteiger charge is 2.11. The molecule has 0 fully saturated rings. The van der Waals surface area contributed by atoms with Crippen LogP contribution in [0, 0.1) is 0 Å². The summed E-state index contributed by atoms with van der Waals surface area (Å²) in [4.78, 5) is 0. The lowest BCUT2D eigenvalue weighted by atomic mass is 9.92. The van der Waals surface area contributed by atoms with Crippen molar-refractivity contribution >= 4 is 0 Å². The normalized spacial score (nSPS) is 14.6. The average molecular weight is 231 g/mol. The zero-order valence-corrected chi connectivity index (χ0v) is 11.1. The van der Waals surface area contributed by atoms with Gasteiger partial charge in [0.05, 0.1) is 0 Å². The van der Waals surface area contributed by atoms with Crippen molar-refractivity contribution in [2.45, 2.75) is 58.4 Å². The molecule has 0 unspecified atom stereocenters. The molecule has 0 spiro atoms. The number of aryl methyl sites for hydroxylation is 1. The van der Waals surface area contributed by atoms with Crippen molar-refractivity contribution in [2.75, 3.05) is 6.54 Å². The van der Waals surface area contributed by atoms with E-state index in [0.29, 0.717) is 0 Å². The number of benzene rings is 1. The second kappa shape index (κ2) is 6.80. The lowest BCUT2D eigenvalue weighted by molar-refractivity contribution is 0.616. The van der Waals surface area contributed by atoms with Gasteiger partial charge in [-0.05, 0) is 42.5 Å². The molecular weight excluding hydrogens is 206 g/mol. The van der Waals surface area contributed by atoms with Crippen LogP contribution >= 0.6 is 0 Å². The number of hydrogen-bond acceptors (Lipinski definition) is 1. The maximum atomic E-state index is 3.45. The van der Waals surface area contributed by atoms with Gasteiger partial charge in [-0.1, -0.05) is 50.8 Å². The number of unbranched alkanes of at least 4 members (excludes halogenated alkanes) is 4. The van der Waals surface area contributed by atoms with Crippen LogP contribution in [0.4, 0.5) is 0 Å². The summed E-state index contributed by atoms with van der Waals surface area (Å²) < 4.78 is 0. The third-order valence-electron chi connectivity index (χ3n) is 3.79. The Bertz CT molecular complexity index is 343. The topological polar surface area (TPSA) is 12.0 Å². The highest BCUT2D eigenvalue weighted by atomic mass is 14.9. The van der Waals surface area contributed by atoms with Crippen LogP contribution in [0.15, 0.2) is 18.2 Å². The predicted octanol–water partition coefficient (Wildman–Crippen LogP) is 3.85. The molecule has 1 aliphatic heterocycles.